The number of piperazine rings is 1. The van der Waals surface area contributed by atoms with E-state index in [0.717, 1.165) is 18.4 Å². The van der Waals surface area contributed by atoms with Gasteiger partial charge in [-0.15, -0.1) is 0 Å². The number of aryl methyl sites for hydroxylation is 1. The molecule has 50 heavy (non-hydrogen) atoms. The predicted octanol–water partition coefficient (Wildman–Crippen LogP) is 2.19. The molecular formula is C35H46N6O9. The molecule has 3 heterocycles. The Morgan fingerprint density at radius 1 is 1.00 bits per heavy atom. The van der Waals surface area contributed by atoms with E-state index >= 15 is 0 Å². The van der Waals surface area contributed by atoms with Crippen LogP contribution in [0, 0.1) is 6.92 Å². The van der Waals surface area contributed by atoms with Crippen LogP contribution in [0.15, 0.2) is 24.3 Å². The fourth-order valence-electron chi connectivity index (χ4n) is 6.46. The summed E-state index contributed by atoms with van der Waals surface area (Å²) < 4.78 is 11.3. The van der Waals surface area contributed by atoms with Crippen molar-refractivity contribution in [3.05, 3.63) is 35.5 Å². The molecule has 1 aliphatic carbocycles. The zero-order valence-corrected chi connectivity index (χ0v) is 29.1. The van der Waals surface area contributed by atoms with Crippen LogP contribution in [0.1, 0.15) is 68.4 Å². The Morgan fingerprint density at radius 2 is 1.70 bits per heavy atom. The number of fused-ring (bicyclic) bond motifs is 1. The number of aromatic nitrogens is 1. The Morgan fingerprint density at radius 3 is 2.36 bits per heavy atom. The highest BCUT2D eigenvalue weighted by atomic mass is 16.6. The third-order valence-electron chi connectivity index (χ3n) is 9.44. The van der Waals surface area contributed by atoms with Crippen molar-refractivity contribution in [2.75, 3.05) is 46.4 Å². The van der Waals surface area contributed by atoms with E-state index in [4.69, 9.17) is 9.47 Å². The summed E-state index contributed by atoms with van der Waals surface area (Å²) in [6.07, 6.45) is 1.23. The summed E-state index contributed by atoms with van der Waals surface area (Å²) in [6.45, 7) is 6.69. The summed E-state index contributed by atoms with van der Waals surface area (Å²) >= 11 is 0. The first-order chi connectivity index (χ1) is 23.9. The first-order valence-corrected chi connectivity index (χ1v) is 17.3. The molecule has 5 amide bonds. The molecule has 3 fully saturated rings. The number of pyridine rings is 1. The van der Waals surface area contributed by atoms with E-state index in [1.54, 1.807) is 42.8 Å². The van der Waals surface area contributed by atoms with Crippen LogP contribution in [-0.4, -0.2) is 136 Å². The second-order valence-corrected chi connectivity index (χ2v) is 13.1. The highest BCUT2D eigenvalue weighted by Crippen LogP contribution is 2.31. The molecule has 5 rings (SSSR count). The first kappa shape index (κ1) is 36.3. The Bertz CT molecular complexity index is 1640. The summed E-state index contributed by atoms with van der Waals surface area (Å²) in [6, 6.07) is 5.32. The van der Waals surface area contributed by atoms with E-state index in [0.29, 0.717) is 30.3 Å². The standard InChI is InChI=1S/C35H46N6O9/c1-5-49-35(48)40-17-15-39(16-18-40)33(46)25(12-13-30(42)43)37-31(44)27-20-29(24-11-8-21(2)19-26(24)36-27)50-22(3)32(45)41-14-6-7-28(41)34(47)38(4)23-9-10-23/h8,11,19-20,22-23,25,28H,5-7,9-10,12-18H2,1-4H3,(H,37,44)(H,42,43)/t22-,25+,28+/m1/s1. The number of hydrogen-bond acceptors (Lipinski definition) is 9. The van der Waals surface area contributed by atoms with Crippen molar-refractivity contribution in [3.8, 4) is 5.75 Å². The fraction of sp³-hybridized carbons (Fsp3) is 0.571. The molecule has 0 radical (unpaired) electrons. The van der Waals surface area contributed by atoms with Crippen LogP contribution >= 0.6 is 0 Å². The molecule has 0 spiro atoms. The van der Waals surface area contributed by atoms with Gasteiger partial charge in [-0.2, -0.15) is 0 Å². The third-order valence-corrected chi connectivity index (χ3v) is 9.44. The van der Waals surface area contributed by atoms with Crippen LogP contribution in [0.5, 0.6) is 5.75 Å². The van der Waals surface area contributed by atoms with Crippen molar-refractivity contribution in [1.82, 2.24) is 29.9 Å². The Balaban J connectivity index is 1.33. The minimum absolute atomic E-state index is 0.0674. The number of aliphatic carboxylic acids is 1. The number of benzene rings is 1. The number of carboxylic acid groups (broad SMARTS) is 1. The molecule has 2 N–H and O–H groups in total. The predicted molar refractivity (Wildman–Crippen MR) is 180 cm³/mol. The number of carboxylic acids is 1. The lowest BCUT2D eigenvalue weighted by atomic mass is 10.1. The maximum atomic E-state index is 13.7. The van der Waals surface area contributed by atoms with Crippen molar-refractivity contribution in [2.24, 2.45) is 0 Å². The number of likely N-dealkylation sites (N-methyl/N-ethyl adjacent to an activating group) is 1. The van der Waals surface area contributed by atoms with Gasteiger partial charge in [-0.1, -0.05) is 6.07 Å². The van der Waals surface area contributed by atoms with Gasteiger partial charge in [0.15, 0.2) is 6.10 Å². The molecule has 2 aliphatic heterocycles. The van der Waals surface area contributed by atoms with E-state index < -0.39 is 42.1 Å². The Hall–Kier alpha value is -4.95. The molecule has 15 heteroatoms. The molecule has 0 unspecified atom stereocenters. The largest absolute Gasteiger partial charge is 0.481 e. The molecule has 2 saturated heterocycles. The van der Waals surface area contributed by atoms with E-state index in [1.807, 2.05) is 13.0 Å². The minimum atomic E-state index is -1.17. The van der Waals surface area contributed by atoms with E-state index in [9.17, 15) is 33.9 Å². The maximum absolute atomic E-state index is 13.7. The molecule has 1 saturated carbocycles. The molecule has 3 aliphatic rings. The summed E-state index contributed by atoms with van der Waals surface area (Å²) in [5, 5.41) is 12.6. The topological polar surface area (TPSA) is 179 Å². The van der Waals surface area contributed by atoms with E-state index in [1.165, 1.54) is 15.9 Å². The van der Waals surface area contributed by atoms with Crippen LogP contribution in [0.4, 0.5) is 4.79 Å². The lowest BCUT2D eigenvalue weighted by Gasteiger charge is -2.35. The van der Waals surface area contributed by atoms with Crippen molar-refractivity contribution < 1.29 is 43.3 Å². The average molecular weight is 695 g/mol. The molecule has 270 valence electrons. The summed E-state index contributed by atoms with van der Waals surface area (Å²) in [5.41, 5.74) is 1.21. The number of carbonyl (C=O) groups excluding carboxylic acids is 5. The van der Waals surface area contributed by atoms with Gasteiger partial charge in [0.1, 0.15) is 23.5 Å². The lowest BCUT2D eigenvalue weighted by Crippen LogP contribution is -2.56. The van der Waals surface area contributed by atoms with Gasteiger partial charge in [0.2, 0.25) is 11.8 Å². The van der Waals surface area contributed by atoms with Gasteiger partial charge in [0.05, 0.1) is 12.1 Å². The monoisotopic (exact) mass is 694 g/mol. The number of nitrogens with one attached hydrogen (secondary N) is 1. The number of carbonyl (C=O) groups is 6. The highest BCUT2D eigenvalue weighted by Gasteiger charge is 2.41. The zero-order valence-electron chi connectivity index (χ0n) is 29.1. The second-order valence-electron chi connectivity index (χ2n) is 13.1. The van der Waals surface area contributed by atoms with Gasteiger partial charge in [0.25, 0.3) is 11.8 Å². The Labute approximate surface area is 290 Å². The molecule has 3 atom stereocenters. The van der Waals surface area contributed by atoms with Gasteiger partial charge in [0, 0.05) is 63.7 Å². The number of nitrogens with zero attached hydrogens (tertiary/aromatic N) is 5. The number of likely N-dealkylation sites (tertiary alicyclic amines) is 1. The van der Waals surface area contributed by atoms with Gasteiger partial charge in [-0.05, 0) is 70.6 Å². The molecule has 0 bridgehead atoms. The van der Waals surface area contributed by atoms with Crippen LogP contribution < -0.4 is 10.1 Å². The normalized spacial score (nSPS) is 18.7. The van der Waals surface area contributed by atoms with Gasteiger partial charge < -0.3 is 39.5 Å². The molecule has 15 nitrogen and oxygen atoms in total. The number of rotatable bonds is 12. The lowest BCUT2D eigenvalue weighted by molar-refractivity contribution is -0.147. The number of ether oxygens (including phenoxy) is 2. The van der Waals surface area contributed by atoms with Crippen molar-refractivity contribution in [2.45, 2.75) is 83.5 Å². The van der Waals surface area contributed by atoms with Crippen molar-refractivity contribution in [3.63, 3.8) is 0 Å². The number of hydrogen-bond donors (Lipinski definition) is 2. The van der Waals surface area contributed by atoms with Crippen molar-refractivity contribution >= 4 is 46.6 Å². The van der Waals surface area contributed by atoms with E-state index in [-0.39, 0.29) is 74.9 Å². The van der Waals surface area contributed by atoms with Crippen LogP contribution in [-0.2, 0) is 23.9 Å². The molecule has 1 aromatic heterocycles. The van der Waals surface area contributed by atoms with Gasteiger partial charge in [-0.3, -0.25) is 24.0 Å². The average Bonchev–Trinajstić information content (AvgIpc) is 3.84. The second kappa shape index (κ2) is 15.7. The van der Waals surface area contributed by atoms with Crippen LogP contribution in [0.25, 0.3) is 10.9 Å². The van der Waals surface area contributed by atoms with Gasteiger partial charge >= 0.3 is 12.1 Å². The zero-order chi connectivity index (χ0) is 36.1. The minimum Gasteiger partial charge on any atom is -0.481 e. The smallest absolute Gasteiger partial charge is 0.409 e. The van der Waals surface area contributed by atoms with Crippen molar-refractivity contribution in [1.29, 1.82) is 0 Å². The molecule has 1 aromatic carbocycles. The summed E-state index contributed by atoms with van der Waals surface area (Å²) in [7, 11) is 1.78. The molecule has 2 aromatic rings. The quantitative estimate of drug-likeness (QED) is 0.335. The maximum Gasteiger partial charge on any atom is 0.409 e. The highest BCUT2D eigenvalue weighted by molar-refractivity contribution is 6.00. The first-order valence-electron chi connectivity index (χ1n) is 17.3. The summed E-state index contributed by atoms with van der Waals surface area (Å²) in [4.78, 5) is 88.6. The fourth-order valence-corrected chi connectivity index (χ4v) is 6.46. The Kier molecular flexibility index (Phi) is 11.4. The van der Waals surface area contributed by atoms with Crippen LogP contribution in [0.3, 0.4) is 0 Å². The van der Waals surface area contributed by atoms with Gasteiger partial charge in [-0.25, -0.2) is 9.78 Å². The third kappa shape index (κ3) is 8.43. The van der Waals surface area contributed by atoms with Crippen LogP contribution in [0.2, 0.25) is 0 Å². The van der Waals surface area contributed by atoms with E-state index in [2.05, 4.69) is 10.3 Å². The number of amides is 5. The molecular weight excluding hydrogens is 648 g/mol. The SMILES string of the molecule is CCOC(=O)N1CCN(C(=O)[C@H](CCC(=O)O)NC(=O)c2cc(O[C@H](C)C(=O)N3CCC[C@H]3C(=O)N(C)C3CC3)c3ccc(C)cc3n2)CC1. The summed E-state index contributed by atoms with van der Waals surface area (Å²) in [5.74, 6) is -2.50.